The molecule has 1 heterocycles. The third-order valence-corrected chi connectivity index (χ3v) is 4.35. The van der Waals surface area contributed by atoms with Gasteiger partial charge in [-0.3, -0.25) is 9.69 Å². The Hall–Kier alpha value is -1.19. The molecule has 1 aliphatic heterocycles. The van der Waals surface area contributed by atoms with Crippen LogP contribution >= 0.6 is 0 Å². The number of fused-ring (bicyclic) bond motifs is 1. The number of likely N-dealkylation sites (tertiary alicyclic amines) is 1. The van der Waals surface area contributed by atoms with E-state index in [2.05, 4.69) is 17.0 Å². The fraction of sp³-hybridized carbons (Fsp3) is 0.562. The number of hydrogen-bond acceptors (Lipinski definition) is 3. The number of carbonyl (C=O) groups is 1. The van der Waals surface area contributed by atoms with Gasteiger partial charge in [0.1, 0.15) is 0 Å². The lowest BCUT2D eigenvalue weighted by molar-refractivity contribution is 0.0899. The van der Waals surface area contributed by atoms with Crippen molar-refractivity contribution in [2.75, 3.05) is 26.7 Å². The van der Waals surface area contributed by atoms with Crippen LogP contribution in [0.15, 0.2) is 18.2 Å². The second-order valence-electron chi connectivity index (χ2n) is 5.64. The van der Waals surface area contributed by atoms with Crippen LogP contribution in [0.4, 0.5) is 0 Å². The zero-order valence-corrected chi connectivity index (χ0v) is 11.5. The van der Waals surface area contributed by atoms with Crippen LogP contribution in [0.25, 0.3) is 0 Å². The molecule has 0 bridgehead atoms. The van der Waals surface area contributed by atoms with Gasteiger partial charge in [-0.05, 0) is 42.9 Å². The van der Waals surface area contributed by atoms with Crippen molar-refractivity contribution >= 4 is 5.78 Å². The van der Waals surface area contributed by atoms with E-state index in [1.54, 1.807) is 7.11 Å². The minimum absolute atomic E-state index is 0.242. The number of benzene rings is 1. The molecule has 2 aliphatic rings. The molecule has 0 spiro atoms. The second kappa shape index (κ2) is 5.43. The smallest absolute Gasteiger partial charge is 0.176 e. The molecule has 0 N–H and O–H groups in total. The lowest BCUT2D eigenvalue weighted by Gasteiger charge is -2.14. The number of Topliss-reactive ketones (excluding diaryl/α,β-unsaturated/α-hetero) is 1. The SMILES string of the molecule is COC1CCN(CC(=O)c2ccc3c(c2)CCC3)C1. The summed E-state index contributed by atoms with van der Waals surface area (Å²) in [5, 5.41) is 0. The average Bonchev–Trinajstić information content (AvgIpc) is 3.05. The van der Waals surface area contributed by atoms with Crippen LogP contribution in [0.2, 0.25) is 0 Å². The third-order valence-electron chi connectivity index (χ3n) is 4.35. The van der Waals surface area contributed by atoms with E-state index >= 15 is 0 Å². The van der Waals surface area contributed by atoms with Crippen LogP contribution < -0.4 is 0 Å². The summed E-state index contributed by atoms with van der Waals surface area (Å²) in [6, 6.07) is 6.24. The van der Waals surface area contributed by atoms with Gasteiger partial charge in [-0.2, -0.15) is 0 Å². The molecule has 19 heavy (non-hydrogen) atoms. The maximum atomic E-state index is 12.3. The minimum Gasteiger partial charge on any atom is -0.380 e. The van der Waals surface area contributed by atoms with Crippen molar-refractivity contribution < 1.29 is 9.53 Å². The lowest BCUT2D eigenvalue weighted by atomic mass is 10.0. The maximum absolute atomic E-state index is 12.3. The standard InChI is InChI=1S/C16H21NO2/c1-19-15-7-8-17(10-15)11-16(18)14-6-5-12-3-2-4-13(12)9-14/h5-6,9,15H,2-4,7-8,10-11H2,1H3. The van der Waals surface area contributed by atoms with Crippen LogP contribution in [0.3, 0.4) is 0 Å². The first-order valence-corrected chi connectivity index (χ1v) is 7.16. The van der Waals surface area contributed by atoms with Crippen molar-refractivity contribution in [3.05, 3.63) is 34.9 Å². The van der Waals surface area contributed by atoms with E-state index in [0.29, 0.717) is 12.6 Å². The number of hydrogen-bond donors (Lipinski definition) is 0. The number of rotatable bonds is 4. The predicted molar refractivity (Wildman–Crippen MR) is 74.7 cm³/mol. The molecule has 1 saturated heterocycles. The second-order valence-corrected chi connectivity index (χ2v) is 5.64. The van der Waals surface area contributed by atoms with E-state index in [1.165, 1.54) is 24.0 Å². The average molecular weight is 259 g/mol. The Balaban J connectivity index is 1.64. The molecule has 1 aromatic rings. The van der Waals surface area contributed by atoms with Gasteiger partial charge >= 0.3 is 0 Å². The number of carbonyl (C=O) groups excluding carboxylic acids is 1. The van der Waals surface area contributed by atoms with Gasteiger partial charge in [0.15, 0.2) is 5.78 Å². The molecule has 3 nitrogen and oxygen atoms in total. The first-order valence-electron chi connectivity index (χ1n) is 7.16. The van der Waals surface area contributed by atoms with Crippen LogP contribution in [-0.4, -0.2) is 43.5 Å². The van der Waals surface area contributed by atoms with Gasteiger partial charge in [-0.25, -0.2) is 0 Å². The number of nitrogens with zero attached hydrogens (tertiary/aromatic N) is 1. The van der Waals surface area contributed by atoms with Crippen molar-refractivity contribution in [3.8, 4) is 0 Å². The van der Waals surface area contributed by atoms with Crippen molar-refractivity contribution in [2.24, 2.45) is 0 Å². The summed E-state index contributed by atoms with van der Waals surface area (Å²) in [5.41, 5.74) is 3.68. The molecule has 1 aliphatic carbocycles. The topological polar surface area (TPSA) is 29.5 Å². The summed E-state index contributed by atoms with van der Waals surface area (Å²) in [6.45, 7) is 2.38. The van der Waals surface area contributed by atoms with E-state index < -0.39 is 0 Å². The van der Waals surface area contributed by atoms with Crippen molar-refractivity contribution in [1.82, 2.24) is 4.90 Å². The molecule has 0 amide bonds. The maximum Gasteiger partial charge on any atom is 0.176 e. The summed E-state index contributed by atoms with van der Waals surface area (Å²) in [7, 11) is 1.75. The van der Waals surface area contributed by atoms with Crippen molar-refractivity contribution in [1.29, 1.82) is 0 Å². The zero-order valence-electron chi connectivity index (χ0n) is 11.5. The summed E-state index contributed by atoms with van der Waals surface area (Å²) in [6.07, 6.45) is 4.87. The quantitative estimate of drug-likeness (QED) is 0.775. The molecule has 102 valence electrons. The molecule has 0 aromatic heterocycles. The van der Waals surface area contributed by atoms with E-state index in [0.717, 1.165) is 31.5 Å². The van der Waals surface area contributed by atoms with E-state index in [-0.39, 0.29) is 5.78 Å². The predicted octanol–water partition coefficient (Wildman–Crippen LogP) is 2.08. The largest absolute Gasteiger partial charge is 0.380 e. The highest BCUT2D eigenvalue weighted by Gasteiger charge is 2.24. The Kier molecular flexibility index (Phi) is 3.67. The van der Waals surface area contributed by atoms with Gasteiger partial charge in [-0.15, -0.1) is 0 Å². The molecule has 1 fully saturated rings. The number of aryl methyl sites for hydroxylation is 2. The van der Waals surface area contributed by atoms with Crippen LogP contribution in [0.1, 0.15) is 34.3 Å². The van der Waals surface area contributed by atoms with E-state index in [9.17, 15) is 4.79 Å². The molecule has 1 atom stereocenters. The molecule has 3 rings (SSSR count). The Morgan fingerprint density at radius 2 is 2.21 bits per heavy atom. The minimum atomic E-state index is 0.242. The van der Waals surface area contributed by atoms with Gasteiger partial charge in [0.25, 0.3) is 0 Å². The molecular formula is C16H21NO2. The first-order chi connectivity index (χ1) is 9.26. The molecule has 0 saturated carbocycles. The van der Waals surface area contributed by atoms with Crippen LogP contribution in [0.5, 0.6) is 0 Å². The highest BCUT2D eigenvalue weighted by Crippen LogP contribution is 2.23. The van der Waals surface area contributed by atoms with Crippen LogP contribution in [-0.2, 0) is 17.6 Å². The zero-order chi connectivity index (χ0) is 13.2. The van der Waals surface area contributed by atoms with Gasteiger partial charge < -0.3 is 4.74 Å². The molecule has 3 heteroatoms. The molecular weight excluding hydrogens is 238 g/mol. The molecule has 1 aromatic carbocycles. The summed E-state index contributed by atoms with van der Waals surface area (Å²) < 4.78 is 5.34. The summed E-state index contributed by atoms with van der Waals surface area (Å²) >= 11 is 0. The summed E-state index contributed by atoms with van der Waals surface area (Å²) in [4.78, 5) is 14.5. The molecule has 0 radical (unpaired) electrons. The Morgan fingerprint density at radius 1 is 1.37 bits per heavy atom. The summed E-state index contributed by atoms with van der Waals surface area (Å²) in [5.74, 6) is 0.242. The van der Waals surface area contributed by atoms with E-state index in [4.69, 9.17) is 4.74 Å². The lowest BCUT2D eigenvalue weighted by Crippen LogP contribution is -2.29. The first kappa shape index (κ1) is 12.8. The van der Waals surface area contributed by atoms with Crippen molar-refractivity contribution in [3.63, 3.8) is 0 Å². The Bertz CT molecular complexity index is 484. The highest BCUT2D eigenvalue weighted by atomic mass is 16.5. The Labute approximate surface area is 114 Å². The van der Waals surface area contributed by atoms with Crippen LogP contribution in [0, 0.1) is 0 Å². The normalized spacial score (nSPS) is 22.7. The molecule has 1 unspecified atom stereocenters. The van der Waals surface area contributed by atoms with Crippen molar-refractivity contribution in [2.45, 2.75) is 31.8 Å². The van der Waals surface area contributed by atoms with Gasteiger partial charge in [0.2, 0.25) is 0 Å². The van der Waals surface area contributed by atoms with Gasteiger partial charge in [0, 0.05) is 25.8 Å². The third kappa shape index (κ3) is 2.72. The fourth-order valence-electron chi connectivity index (χ4n) is 3.17. The number of ketones is 1. The number of methoxy groups -OCH3 is 1. The fourth-order valence-corrected chi connectivity index (χ4v) is 3.17. The Morgan fingerprint density at radius 3 is 3.00 bits per heavy atom. The van der Waals surface area contributed by atoms with Gasteiger partial charge in [-0.1, -0.05) is 12.1 Å². The van der Waals surface area contributed by atoms with Gasteiger partial charge in [0.05, 0.1) is 12.6 Å². The monoisotopic (exact) mass is 259 g/mol. The number of ether oxygens (including phenoxy) is 1. The highest BCUT2D eigenvalue weighted by molar-refractivity contribution is 5.97. The van der Waals surface area contributed by atoms with E-state index in [1.807, 2.05) is 6.07 Å².